The summed E-state index contributed by atoms with van der Waals surface area (Å²) in [5.41, 5.74) is 0. The van der Waals surface area contributed by atoms with Gasteiger partial charge in [0.05, 0.1) is 0 Å². The number of carbonyl (C=O) groups is 1. The Kier molecular flexibility index (Phi) is 3.25. The minimum Gasteiger partial charge on any atom is -0.342 e. The maximum atomic E-state index is 12.6. The van der Waals surface area contributed by atoms with Crippen LogP contribution in [0.4, 0.5) is 0 Å². The molecular weight excluding hydrogens is 264 g/mol. The molecule has 1 aromatic rings. The van der Waals surface area contributed by atoms with Gasteiger partial charge in [-0.3, -0.25) is 4.79 Å². The third kappa shape index (κ3) is 2.18. The number of nitrogens with zero attached hydrogens (tertiary/aromatic N) is 3. The van der Waals surface area contributed by atoms with Gasteiger partial charge in [-0.25, -0.2) is 4.98 Å². The molecule has 3 aliphatic rings. The molecule has 3 heterocycles. The fourth-order valence-electron chi connectivity index (χ4n) is 4.30. The molecular formula is C16H24N4O. The molecule has 0 bridgehead atoms. The third-order valence-electron chi connectivity index (χ3n) is 5.64. The highest BCUT2D eigenvalue weighted by Crippen LogP contribution is 2.49. The number of piperidine rings is 2. The number of hydrogen-bond donors (Lipinski definition) is 1. The van der Waals surface area contributed by atoms with Gasteiger partial charge in [-0.1, -0.05) is 0 Å². The Bertz CT molecular complexity index is 522. The van der Waals surface area contributed by atoms with Gasteiger partial charge in [-0.2, -0.15) is 0 Å². The Morgan fingerprint density at radius 3 is 2.71 bits per heavy atom. The summed E-state index contributed by atoms with van der Waals surface area (Å²) in [5, 5.41) is 3.37. The van der Waals surface area contributed by atoms with Crippen molar-refractivity contribution in [1.29, 1.82) is 0 Å². The van der Waals surface area contributed by atoms with Gasteiger partial charge in [-0.15, -0.1) is 0 Å². The maximum Gasteiger partial charge on any atom is 0.226 e. The van der Waals surface area contributed by atoms with Gasteiger partial charge in [0.25, 0.3) is 0 Å². The number of aromatic nitrogens is 2. The number of rotatable bonds is 3. The number of carbonyl (C=O) groups excluding carboxylic acids is 1. The van der Waals surface area contributed by atoms with Gasteiger partial charge in [0.1, 0.15) is 5.82 Å². The lowest BCUT2D eigenvalue weighted by Gasteiger charge is -2.32. The smallest absolute Gasteiger partial charge is 0.226 e. The van der Waals surface area contributed by atoms with E-state index in [2.05, 4.69) is 32.9 Å². The monoisotopic (exact) mass is 288 g/mol. The second-order valence-electron chi connectivity index (χ2n) is 6.68. The quantitative estimate of drug-likeness (QED) is 0.905. The summed E-state index contributed by atoms with van der Waals surface area (Å²) >= 11 is 0. The lowest BCUT2D eigenvalue weighted by atomic mass is 9.95. The van der Waals surface area contributed by atoms with E-state index >= 15 is 0 Å². The van der Waals surface area contributed by atoms with Crippen molar-refractivity contribution in [1.82, 2.24) is 19.8 Å². The van der Waals surface area contributed by atoms with Crippen LogP contribution in [0.1, 0.15) is 31.5 Å². The normalized spacial score (nSPS) is 32.2. The van der Waals surface area contributed by atoms with E-state index in [4.69, 9.17) is 0 Å². The zero-order valence-corrected chi connectivity index (χ0v) is 12.7. The highest BCUT2D eigenvalue weighted by Gasteiger charge is 2.57. The SMILES string of the molecule is CCn1ccnc1C1CCN(C(=O)C2C3CNCC32)CC1. The summed E-state index contributed by atoms with van der Waals surface area (Å²) in [6, 6.07) is 0. The van der Waals surface area contributed by atoms with Crippen molar-refractivity contribution in [3.05, 3.63) is 18.2 Å². The van der Waals surface area contributed by atoms with Gasteiger partial charge in [0.2, 0.25) is 5.91 Å². The molecule has 5 nitrogen and oxygen atoms in total. The second-order valence-corrected chi connectivity index (χ2v) is 6.68. The van der Waals surface area contributed by atoms with Crippen LogP contribution in [-0.2, 0) is 11.3 Å². The van der Waals surface area contributed by atoms with E-state index < -0.39 is 0 Å². The molecule has 1 saturated carbocycles. The van der Waals surface area contributed by atoms with E-state index in [0.29, 0.717) is 29.6 Å². The Morgan fingerprint density at radius 1 is 1.33 bits per heavy atom. The number of fused-ring (bicyclic) bond motifs is 1. The van der Waals surface area contributed by atoms with Crippen molar-refractivity contribution >= 4 is 5.91 Å². The first-order chi connectivity index (χ1) is 10.3. The molecule has 114 valence electrons. The summed E-state index contributed by atoms with van der Waals surface area (Å²) in [6.07, 6.45) is 6.08. The lowest BCUT2D eigenvalue weighted by molar-refractivity contribution is -0.134. The zero-order chi connectivity index (χ0) is 14.4. The predicted octanol–water partition coefficient (Wildman–Crippen LogP) is 1.07. The Balaban J connectivity index is 1.35. The van der Waals surface area contributed by atoms with E-state index in [1.807, 2.05) is 6.20 Å². The second kappa shape index (κ2) is 5.13. The number of imidazole rings is 1. The first kappa shape index (κ1) is 13.3. The Labute approximate surface area is 125 Å². The van der Waals surface area contributed by atoms with Crippen LogP contribution < -0.4 is 5.32 Å². The number of hydrogen-bond acceptors (Lipinski definition) is 3. The minimum absolute atomic E-state index is 0.334. The number of likely N-dealkylation sites (tertiary alicyclic amines) is 1. The molecule has 1 aliphatic carbocycles. The molecule has 21 heavy (non-hydrogen) atoms. The molecule has 1 N–H and O–H groups in total. The van der Waals surface area contributed by atoms with Crippen LogP contribution in [0.15, 0.2) is 12.4 Å². The van der Waals surface area contributed by atoms with E-state index in [9.17, 15) is 4.79 Å². The minimum atomic E-state index is 0.334. The van der Waals surface area contributed by atoms with Gasteiger partial charge in [-0.05, 0) is 44.7 Å². The van der Waals surface area contributed by atoms with Crippen LogP contribution in [0.5, 0.6) is 0 Å². The molecule has 5 heteroatoms. The first-order valence-electron chi connectivity index (χ1n) is 8.30. The van der Waals surface area contributed by atoms with Crippen LogP contribution in [0, 0.1) is 17.8 Å². The van der Waals surface area contributed by atoms with Crippen molar-refractivity contribution in [3.8, 4) is 0 Å². The molecule has 0 spiro atoms. The lowest BCUT2D eigenvalue weighted by Crippen LogP contribution is -2.40. The summed E-state index contributed by atoms with van der Waals surface area (Å²) in [6.45, 7) is 7.04. The summed E-state index contributed by atoms with van der Waals surface area (Å²) in [7, 11) is 0. The Morgan fingerprint density at radius 2 is 2.05 bits per heavy atom. The predicted molar refractivity (Wildman–Crippen MR) is 79.8 cm³/mol. The number of nitrogens with one attached hydrogen (secondary N) is 1. The Hall–Kier alpha value is -1.36. The average Bonchev–Trinajstić information content (AvgIpc) is 2.91. The van der Waals surface area contributed by atoms with Crippen LogP contribution in [0.25, 0.3) is 0 Å². The standard InChI is InChI=1S/C16H24N4O/c1-2-19-8-5-18-15(19)11-3-6-20(7-4-11)16(21)14-12-9-17-10-13(12)14/h5,8,11-14,17H,2-4,6-7,9-10H2,1H3. The van der Waals surface area contributed by atoms with Gasteiger partial charge < -0.3 is 14.8 Å². The first-order valence-corrected chi connectivity index (χ1v) is 8.30. The summed E-state index contributed by atoms with van der Waals surface area (Å²) in [4.78, 5) is 19.2. The highest BCUT2D eigenvalue weighted by molar-refractivity contribution is 5.82. The van der Waals surface area contributed by atoms with E-state index in [-0.39, 0.29) is 0 Å². The molecule has 2 unspecified atom stereocenters. The van der Waals surface area contributed by atoms with Crippen LogP contribution in [-0.4, -0.2) is 46.5 Å². The molecule has 0 aromatic carbocycles. The zero-order valence-electron chi connectivity index (χ0n) is 12.7. The summed E-state index contributed by atoms with van der Waals surface area (Å²) in [5.74, 6) is 3.74. The molecule has 4 rings (SSSR count). The fraction of sp³-hybridized carbons (Fsp3) is 0.750. The largest absolute Gasteiger partial charge is 0.342 e. The van der Waals surface area contributed by atoms with Crippen LogP contribution in [0.2, 0.25) is 0 Å². The van der Waals surface area contributed by atoms with E-state index in [1.54, 1.807) is 0 Å². The van der Waals surface area contributed by atoms with Gasteiger partial charge >= 0.3 is 0 Å². The van der Waals surface area contributed by atoms with Crippen molar-refractivity contribution in [3.63, 3.8) is 0 Å². The van der Waals surface area contributed by atoms with Gasteiger partial charge in [0.15, 0.2) is 0 Å². The van der Waals surface area contributed by atoms with Crippen LogP contribution >= 0.6 is 0 Å². The van der Waals surface area contributed by atoms with Crippen molar-refractivity contribution in [2.24, 2.45) is 17.8 Å². The topological polar surface area (TPSA) is 50.2 Å². The van der Waals surface area contributed by atoms with Crippen molar-refractivity contribution in [2.75, 3.05) is 26.2 Å². The third-order valence-corrected chi connectivity index (χ3v) is 5.64. The van der Waals surface area contributed by atoms with Crippen molar-refractivity contribution in [2.45, 2.75) is 32.2 Å². The van der Waals surface area contributed by atoms with Crippen molar-refractivity contribution < 1.29 is 4.79 Å². The number of aryl methyl sites for hydroxylation is 1. The number of amides is 1. The molecule has 0 radical (unpaired) electrons. The summed E-state index contributed by atoms with van der Waals surface area (Å²) < 4.78 is 2.24. The molecule has 3 fully saturated rings. The molecule has 2 saturated heterocycles. The highest BCUT2D eigenvalue weighted by atomic mass is 16.2. The van der Waals surface area contributed by atoms with E-state index in [0.717, 1.165) is 45.6 Å². The van der Waals surface area contributed by atoms with E-state index in [1.165, 1.54) is 5.82 Å². The molecule has 2 atom stereocenters. The molecule has 1 aromatic heterocycles. The molecule has 1 amide bonds. The average molecular weight is 288 g/mol. The van der Waals surface area contributed by atoms with Gasteiger partial charge in [0, 0.05) is 43.9 Å². The fourth-order valence-corrected chi connectivity index (χ4v) is 4.30. The maximum absolute atomic E-state index is 12.6. The molecule has 2 aliphatic heterocycles. The van der Waals surface area contributed by atoms with Crippen LogP contribution in [0.3, 0.4) is 0 Å².